The van der Waals surface area contributed by atoms with E-state index < -0.39 is 28.7 Å². The SMILES string of the molecule is COc1ccc(Oc2c(C(F)(F)F)oc3c(CNCCO)c(O)ccc3c2=O)cc1. The Morgan fingerprint density at radius 3 is 2.37 bits per heavy atom. The summed E-state index contributed by atoms with van der Waals surface area (Å²) in [6.45, 7) is -0.212. The Balaban J connectivity index is 2.17. The molecular formula is C20H18F3NO6. The van der Waals surface area contributed by atoms with Crippen LogP contribution in [0, 0.1) is 0 Å². The number of hydrogen-bond acceptors (Lipinski definition) is 7. The van der Waals surface area contributed by atoms with Gasteiger partial charge in [-0.25, -0.2) is 0 Å². The van der Waals surface area contributed by atoms with Gasteiger partial charge in [0.1, 0.15) is 22.8 Å². The number of phenols is 1. The summed E-state index contributed by atoms with van der Waals surface area (Å²) in [5, 5.41) is 21.5. The number of alkyl halides is 3. The highest BCUT2D eigenvalue weighted by Crippen LogP contribution is 2.40. The third-order valence-electron chi connectivity index (χ3n) is 4.22. The smallest absolute Gasteiger partial charge is 0.453 e. The van der Waals surface area contributed by atoms with Crippen LogP contribution in [0.1, 0.15) is 11.3 Å². The summed E-state index contributed by atoms with van der Waals surface area (Å²) in [4.78, 5) is 12.9. The summed E-state index contributed by atoms with van der Waals surface area (Å²) in [6.07, 6.45) is -5.03. The third kappa shape index (κ3) is 4.34. The maximum absolute atomic E-state index is 13.7. The first-order chi connectivity index (χ1) is 14.3. The van der Waals surface area contributed by atoms with Gasteiger partial charge in [-0.15, -0.1) is 0 Å². The molecule has 3 N–H and O–H groups in total. The Morgan fingerprint density at radius 2 is 1.77 bits per heavy atom. The van der Waals surface area contributed by atoms with Gasteiger partial charge in [0, 0.05) is 13.1 Å². The number of hydrogen-bond donors (Lipinski definition) is 3. The molecule has 1 heterocycles. The summed E-state index contributed by atoms with van der Waals surface area (Å²) in [7, 11) is 1.43. The van der Waals surface area contributed by atoms with Crippen molar-refractivity contribution in [2.24, 2.45) is 0 Å². The highest BCUT2D eigenvalue weighted by molar-refractivity contribution is 5.83. The van der Waals surface area contributed by atoms with E-state index in [1.165, 1.54) is 37.4 Å². The summed E-state index contributed by atoms with van der Waals surface area (Å²) in [6, 6.07) is 7.97. The maximum atomic E-state index is 13.7. The molecule has 0 spiro atoms. The molecule has 2 aromatic carbocycles. The van der Waals surface area contributed by atoms with Crippen LogP contribution in [0.4, 0.5) is 13.2 Å². The molecule has 0 aliphatic carbocycles. The quantitative estimate of drug-likeness (QED) is 0.499. The molecule has 0 saturated carbocycles. The molecule has 10 heteroatoms. The second-order valence-electron chi connectivity index (χ2n) is 6.21. The van der Waals surface area contributed by atoms with Gasteiger partial charge in [0.25, 0.3) is 5.76 Å². The lowest BCUT2D eigenvalue weighted by molar-refractivity contribution is -0.154. The Kier molecular flexibility index (Phi) is 6.18. The molecule has 1 aromatic heterocycles. The van der Waals surface area contributed by atoms with Crippen LogP contribution in [-0.2, 0) is 12.7 Å². The van der Waals surface area contributed by atoms with Crippen molar-refractivity contribution in [1.29, 1.82) is 0 Å². The summed E-state index contributed by atoms with van der Waals surface area (Å²) >= 11 is 0. The summed E-state index contributed by atoms with van der Waals surface area (Å²) in [5.41, 5.74) is -1.50. The number of aromatic hydroxyl groups is 1. The van der Waals surface area contributed by atoms with Crippen molar-refractivity contribution in [3.63, 3.8) is 0 Å². The molecule has 0 fully saturated rings. The number of aliphatic hydroxyl groups is 1. The molecule has 0 radical (unpaired) electrons. The standard InChI is InChI=1S/C20H18F3NO6/c1-28-11-2-4-12(5-3-11)29-18-16(27)13-6-7-15(26)14(10-24-8-9-25)17(13)30-19(18)20(21,22)23/h2-7,24-26H,8-10H2,1H3. The van der Waals surface area contributed by atoms with E-state index in [4.69, 9.17) is 19.0 Å². The number of fused-ring (bicyclic) bond motifs is 1. The van der Waals surface area contributed by atoms with Crippen LogP contribution in [0.5, 0.6) is 23.0 Å². The van der Waals surface area contributed by atoms with Crippen molar-refractivity contribution in [2.45, 2.75) is 12.7 Å². The van der Waals surface area contributed by atoms with Crippen LogP contribution in [-0.4, -0.2) is 30.5 Å². The topological polar surface area (TPSA) is 101 Å². The lowest BCUT2D eigenvalue weighted by atomic mass is 10.1. The zero-order valence-corrected chi connectivity index (χ0v) is 15.7. The van der Waals surface area contributed by atoms with Crippen molar-refractivity contribution in [3.8, 4) is 23.0 Å². The minimum absolute atomic E-state index is 0.0171. The van der Waals surface area contributed by atoms with E-state index in [9.17, 15) is 23.1 Å². The van der Waals surface area contributed by atoms with Gasteiger partial charge >= 0.3 is 6.18 Å². The Hall–Kier alpha value is -3.24. The molecular weight excluding hydrogens is 407 g/mol. The van der Waals surface area contributed by atoms with Gasteiger partial charge in [-0.05, 0) is 36.4 Å². The molecule has 0 bridgehead atoms. The third-order valence-corrected chi connectivity index (χ3v) is 4.22. The minimum Gasteiger partial charge on any atom is -0.507 e. The van der Waals surface area contributed by atoms with Crippen LogP contribution < -0.4 is 20.2 Å². The van der Waals surface area contributed by atoms with Crippen LogP contribution in [0.15, 0.2) is 45.6 Å². The molecule has 30 heavy (non-hydrogen) atoms. The molecule has 0 saturated heterocycles. The normalized spacial score (nSPS) is 11.6. The van der Waals surface area contributed by atoms with E-state index in [2.05, 4.69) is 5.32 Å². The summed E-state index contributed by atoms with van der Waals surface area (Å²) < 4.78 is 56.3. The molecule has 0 amide bonds. The van der Waals surface area contributed by atoms with Crippen LogP contribution in [0.25, 0.3) is 11.0 Å². The molecule has 3 rings (SSSR count). The first kappa shape index (κ1) is 21.5. The molecule has 0 aliphatic rings. The van der Waals surface area contributed by atoms with Gasteiger partial charge in [0.2, 0.25) is 11.2 Å². The number of nitrogens with one attached hydrogen (secondary N) is 1. The zero-order chi connectivity index (χ0) is 21.9. The maximum Gasteiger partial charge on any atom is 0.453 e. The lowest BCUT2D eigenvalue weighted by Gasteiger charge is -2.15. The van der Waals surface area contributed by atoms with Gasteiger partial charge in [0.15, 0.2) is 0 Å². The van der Waals surface area contributed by atoms with Gasteiger partial charge in [-0.3, -0.25) is 4.79 Å². The molecule has 0 atom stereocenters. The van der Waals surface area contributed by atoms with Crippen molar-refractivity contribution in [1.82, 2.24) is 5.32 Å². The average molecular weight is 425 g/mol. The number of aliphatic hydroxyl groups excluding tert-OH is 1. The fourth-order valence-corrected chi connectivity index (χ4v) is 2.79. The Morgan fingerprint density at radius 1 is 1.10 bits per heavy atom. The molecule has 3 aromatic rings. The number of methoxy groups -OCH3 is 1. The van der Waals surface area contributed by atoms with Crippen molar-refractivity contribution in [3.05, 3.63) is 57.9 Å². The molecule has 160 valence electrons. The number of benzene rings is 2. The second-order valence-corrected chi connectivity index (χ2v) is 6.21. The van der Waals surface area contributed by atoms with Gasteiger partial charge in [-0.2, -0.15) is 13.2 Å². The second kappa shape index (κ2) is 8.64. The van der Waals surface area contributed by atoms with Crippen molar-refractivity contribution in [2.75, 3.05) is 20.3 Å². The number of rotatable bonds is 7. The fraction of sp³-hybridized carbons (Fsp3) is 0.250. The zero-order valence-electron chi connectivity index (χ0n) is 15.7. The Bertz CT molecular complexity index is 1090. The van der Waals surface area contributed by atoms with E-state index >= 15 is 0 Å². The largest absolute Gasteiger partial charge is 0.507 e. The molecule has 0 unspecified atom stereocenters. The monoisotopic (exact) mass is 425 g/mol. The minimum atomic E-state index is -5.03. The lowest BCUT2D eigenvalue weighted by Crippen LogP contribution is -2.19. The van der Waals surface area contributed by atoms with Gasteiger partial charge in [-0.1, -0.05) is 0 Å². The van der Waals surface area contributed by atoms with Gasteiger partial charge in [0.05, 0.1) is 24.7 Å². The van der Waals surface area contributed by atoms with Gasteiger partial charge < -0.3 is 29.4 Å². The molecule has 0 aliphatic heterocycles. The van der Waals surface area contributed by atoms with E-state index in [1.807, 2.05) is 0 Å². The van der Waals surface area contributed by atoms with Crippen molar-refractivity contribution < 1.29 is 37.3 Å². The number of halogens is 3. The number of ether oxygens (including phenoxy) is 2. The number of phenolic OH excluding ortho intramolecular Hbond substituents is 1. The van der Waals surface area contributed by atoms with Crippen LogP contribution >= 0.6 is 0 Å². The van der Waals surface area contributed by atoms with E-state index in [0.29, 0.717) is 5.75 Å². The highest BCUT2D eigenvalue weighted by Gasteiger charge is 2.41. The average Bonchev–Trinajstić information content (AvgIpc) is 2.71. The van der Waals surface area contributed by atoms with E-state index in [0.717, 1.165) is 6.07 Å². The molecule has 7 nitrogen and oxygen atoms in total. The predicted octanol–water partition coefficient (Wildman–Crippen LogP) is 3.40. The van der Waals surface area contributed by atoms with Crippen LogP contribution in [0.3, 0.4) is 0 Å². The van der Waals surface area contributed by atoms with E-state index in [-0.39, 0.29) is 42.1 Å². The van der Waals surface area contributed by atoms with Crippen molar-refractivity contribution >= 4 is 11.0 Å². The first-order valence-corrected chi connectivity index (χ1v) is 8.78. The first-order valence-electron chi connectivity index (χ1n) is 8.78. The van der Waals surface area contributed by atoms with Crippen LogP contribution in [0.2, 0.25) is 0 Å². The summed E-state index contributed by atoms with van der Waals surface area (Å²) in [5.74, 6) is -2.55. The predicted molar refractivity (Wildman–Crippen MR) is 101 cm³/mol. The Labute approximate surface area is 168 Å². The van der Waals surface area contributed by atoms with E-state index in [1.54, 1.807) is 0 Å². The highest BCUT2D eigenvalue weighted by atomic mass is 19.4. The fourth-order valence-electron chi connectivity index (χ4n) is 2.79.